The molecule has 0 N–H and O–H groups in total. The third-order valence-corrected chi connectivity index (χ3v) is 2.90. The van der Waals surface area contributed by atoms with Crippen LogP contribution in [0, 0.1) is 6.20 Å². The Morgan fingerprint density at radius 1 is 1.44 bits per heavy atom. The number of nitrogens with zero attached hydrogens (tertiary/aromatic N) is 3. The molecule has 1 saturated heterocycles. The first-order chi connectivity index (χ1) is 7.75. The second-order valence-corrected chi connectivity index (χ2v) is 4.08. The van der Waals surface area contributed by atoms with Gasteiger partial charge in [-0.15, -0.1) is 0 Å². The van der Waals surface area contributed by atoms with E-state index in [2.05, 4.69) is 16.1 Å². The van der Waals surface area contributed by atoms with E-state index >= 15 is 0 Å². The topological polar surface area (TPSA) is 36.4 Å². The van der Waals surface area contributed by atoms with Gasteiger partial charge >= 0.3 is 0 Å². The largest absolute Gasteiger partial charge is 0.340 e. The van der Waals surface area contributed by atoms with Gasteiger partial charge in [0.1, 0.15) is 0 Å². The van der Waals surface area contributed by atoms with Crippen LogP contribution in [0.3, 0.4) is 0 Å². The fourth-order valence-electron chi connectivity index (χ4n) is 1.92. The average molecular weight is 218 g/mol. The number of carbonyl (C=O) groups is 1. The summed E-state index contributed by atoms with van der Waals surface area (Å²) in [5.74, 6) is 0.177. The lowest BCUT2D eigenvalue weighted by Crippen LogP contribution is -2.47. The Morgan fingerprint density at radius 3 is 2.75 bits per heavy atom. The molecule has 0 atom stereocenters. The van der Waals surface area contributed by atoms with Crippen molar-refractivity contribution in [3.05, 3.63) is 30.1 Å². The van der Waals surface area contributed by atoms with Crippen LogP contribution >= 0.6 is 0 Å². The third-order valence-electron chi connectivity index (χ3n) is 2.90. The summed E-state index contributed by atoms with van der Waals surface area (Å²) < 4.78 is 0. The average Bonchev–Trinajstić information content (AvgIpc) is 2.31. The zero-order valence-corrected chi connectivity index (χ0v) is 9.52. The zero-order valence-electron chi connectivity index (χ0n) is 9.52. The molecule has 0 saturated carbocycles. The van der Waals surface area contributed by atoms with Crippen LogP contribution in [0.25, 0.3) is 0 Å². The minimum atomic E-state index is 0.177. The summed E-state index contributed by atoms with van der Waals surface area (Å²) in [6, 6.07) is 3.87. The maximum Gasteiger partial charge on any atom is 0.219 e. The van der Waals surface area contributed by atoms with Crippen molar-refractivity contribution in [2.75, 3.05) is 26.2 Å². The van der Waals surface area contributed by atoms with E-state index in [9.17, 15) is 4.79 Å². The highest BCUT2D eigenvalue weighted by molar-refractivity contribution is 5.73. The van der Waals surface area contributed by atoms with Crippen molar-refractivity contribution < 1.29 is 4.79 Å². The molecule has 1 radical (unpaired) electrons. The highest BCUT2D eigenvalue weighted by Gasteiger charge is 2.18. The van der Waals surface area contributed by atoms with Crippen molar-refractivity contribution in [3.8, 4) is 0 Å². The van der Waals surface area contributed by atoms with Crippen molar-refractivity contribution in [2.45, 2.75) is 13.5 Å². The molecule has 1 aliphatic heterocycles. The number of hydrogen-bond donors (Lipinski definition) is 0. The third kappa shape index (κ3) is 2.79. The number of amides is 1. The zero-order chi connectivity index (χ0) is 11.4. The van der Waals surface area contributed by atoms with Gasteiger partial charge in [0, 0.05) is 45.8 Å². The number of piperazine rings is 1. The SMILES string of the molecule is CC(=O)N1CCN(Cc2cc[c]nc2)CC1. The van der Waals surface area contributed by atoms with Gasteiger partial charge in [-0.3, -0.25) is 14.7 Å². The first-order valence-corrected chi connectivity index (χ1v) is 5.54. The van der Waals surface area contributed by atoms with E-state index in [4.69, 9.17) is 0 Å². The number of aromatic nitrogens is 1. The normalized spacial score (nSPS) is 17.4. The first-order valence-electron chi connectivity index (χ1n) is 5.54. The highest BCUT2D eigenvalue weighted by atomic mass is 16.2. The monoisotopic (exact) mass is 218 g/mol. The summed E-state index contributed by atoms with van der Waals surface area (Å²) in [5, 5.41) is 0. The molecule has 0 bridgehead atoms. The summed E-state index contributed by atoms with van der Waals surface area (Å²) in [7, 11) is 0. The van der Waals surface area contributed by atoms with Gasteiger partial charge in [0.2, 0.25) is 5.91 Å². The van der Waals surface area contributed by atoms with Crippen molar-refractivity contribution in [2.24, 2.45) is 0 Å². The van der Waals surface area contributed by atoms with Crippen LogP contribution in [-0.4, -0.2) is 46.9 Å². The molecule has 0 aliphatic carbocycles. The maximum atomic E-state index is 11.2. The molecule has 2 rings (SSSR count). The molecule has 16 heavy (non-hydrogen) atoms. The summed E-state index contributed by atoms with van der Waals surface area (Å²) in [6.45, 7) is 6.10. The summed E-state index contributed by atoms with van der Waals surface area (Å²) in [5.41, 5.74) is 1.20. The Bertz CT molecular complexity index is 345. The van der Waals surface area contributed by atoms with E-state index in [-0.39, 0.29) is 5.91 Å². The van der Waals surface area contributed by atoms with Crippen LogP contribution < -0.4 is 0 Å². The Morgan fingerprint density at radius 2 is 2.19 bits per heavy atom. The minimum absolute atomic E-state index is 0.177. The Kier molecular flexibility index (Phi) is 3.51. The Hall–Kier alpha value is -1.42. The van der Waals surface area contributed by atoms with E-state index in [0.29, 0.717) is 0 Å². The van der Waals surface area contributed by atoms with Gasteiger partial charge < -0.3 is 4.90 Å². The number of hydrogen-bond acceptors (Lipinski definition) is 3. The number of rotatable bonds is 2. The van der Waals surface area contributed by atoms with Gasteiger partial charge in [-0.05, 0) is 11.6 Å². The lowest BCUT2D eigenvalue weighted by molar-refractivity contribution is -0.130. The summed E-state index contributed by atoms with van der Waals surface area (Å²) in [6.07, 6.45) is 4.62. The molecular weight excluding hydrogens is 202 g/mol. The van der Waals surface area contributed by atoms with Gasteiger partial charge in [-0.2, -0.15) is 0 Å². The Labute approximate surface area is 95.9 Å². The van der Waals surface area contributed by atoms with Crippen molar-refractivity contribution >= 4 is 5.91 Å². The predicted octanol–water partition coefficient (Wildman–Crippen LogP) is 0.546. The van der Waals surface area contributed by atoms with E-state index in [1.54, 1.807) is 6.92 Å². The smallest absolute Gasteiger partial charge is 0.219 e. The standard InChI is InChI=1S/C12H16N3O/c1-11(16)15-7-5-14(6-8-15)10-12-3-2-4-13-9-12/h2-3,9H,5-8,10H2,1H3. The summed E-state index contributed by atoms with van der Waals surface area (Å²) >= 11 is 0. The molecule has 4 heteroatoms. The van der Waals surface area contributed by atoms with Crippen LogP contribution in [0.5, 0.6) is 0 Å². The fourth-order valence-corrected chi connectivity index (χ4v) is 1.92. The quantitative estimate of drug-likeness (QED) is 0.727. The van der Waals surface area contributed by atoms with E-state index in [1.807, 2.05) is 23.2 Å². The van der Waals surface area contributed by atoms with Gasteiger partial charge in [0.25, 0.3) is 0 Å². The minimum Gasteiger partial charge on any atom is -0.340 e. The molecule has 1 amide bonds. The Balaban J connectivity index is 1.84. The van der Waals surface area contributed by atoms with Crippen LogP contribution in [0.15, 0.2) is 18.3 Å². The van der Waals surface area contributed by atoms with Gasteiger partial charge in [0.15, 0.2) is 0 Å². The van der Waals surface area contributed by atoms with Gasteiger partial charge in [0.05, 0.1) is 6.20 Å². The molecule has 1 aromatic rings. The van der Waals surface area contributed by atoms with Gasteiger partial charge in [-0.25, -0.2) is 0 Å². The number of pyridine rings is 1. The highest BCUT2D eigenvalue weighted by Crippen LogP contribution is 2.07. The van der Waals surface area contributed by atoms with Crippen LogP contribution in [0.1, 0.15) is 12.5 Å². The molecule has 0 aromatic carbocycles. The molecular formula is C12H16N3O. The van der Waals surface area contributed by atoms with Crippen LogP contribution in [0.2, 0.25) is 0 Å². The molecule has 1 fully saturated rings. The molecule has 4 nitrogen and oxygen atoms in total. The van der Waals surface area contributed by atoms with E-state index in [0.717, 1.165) is 32.7 Å². The van der Waals surface area contributed by atoms with Crippen molar-refractivity contribution in [1.82, 2.24) is 14.8 Å². The molecule has 0 unspecified atom stereocenters. The molecule has 1 aromatic heterocycles. The summed E-state index contributed by atoms with van der Waals surface area (Å²) in [4.78, 5) is 19.4. The first kappa shape index (κ1) is 11.1. The maximum absolute atomic E-state index is 11.2. The number of carbonyl (C=O) groups excluding carboxylic acids is 1. The van der Waals surface area contributed by atoms with E-state index < -0.39 is 0 Å². The predicted molar refractivity (Wildman–Crippen MR) is 60.6 cm³/mol. The second kappa shape index (κ2) is 5.07. The van der Waals surface area contributed by atoms with E-state index in [1.165, 1.54) is 5.56 Å². The van der Waals surface area contributed by atoms with Crippen molar-refractivity contribution in [1.29, 1.82) is 0 Å². The second-order valence-electron chi connectivity index (χ2n) is 4.08. The molecule has 0 spiro atoms. The molecule has 85 valence electrons. The van der Waals surface area contributed by atoms with Crippen molar-refractivity contribution in [3.63, 3.8) is 0 Å². The van der Waals surface area contributed by atoms with Crippen LogP contribution in [0.4, 0.5) is 0 Å². The lowest BCUT2D eigenvalue weighted by atomic mass is 10.2. The fraction of sp³-hybridized carbons (Fsp3) is 0.500. The molecule has 1 aliphatic rings. The molecule has 2 heterocycles. The van der Waals surface area contributed by atoms with Crippen LogP contribution in [-0.2, 0) is 11.3 Å². The van der Waals surface area contributed by atoms with Gasteiger partial charge in [-0.1, -0.05) is 6.07 Å². The lowest BCUT2D eigenvalue weighted by Gasteiger charge is -2.34.